The van der Waals surface area contributed by atoms with Crippen molar-refractivity contribution in [3.8, 4) is 0 Å². The molecule has 0 fully saturated rings. The molecule has 0 aromatic heterocycles. The third-order valence-corrected chi connectivity index (χ3v) is 0.348. The molecule has 0 aliphatic carbocycles. The Balaban J connectivity index is 3.46. The molecule has 0 radical (unpaired) electrons. The minimum atomic E-state index is -0.663. The van der Waals surface area contributed by atoms with Gasteiger partial charge in [0.2, 0.25) is 0 Å². The maximum absolute atomic E-state index is 9.72. The Bertz CT molecular complexity index is 110. The largest absolute Gasteiger partial charge is 0.290 e. The third kappa shape index (κ3) is 5.30. The van der Waals surface area contributed by atoms with E-state index in [4.69, 9.17) is 17.0 Å². The van der Waals surface area contributed by atoms with Crippen LogP contribution in [0, 0.1) is 5.41 Å². The summed E-state index contributed by atoms with van der Waals surface area (Å²) in [6.07, 6.45) is 1.59. The molecule has 3 nitrogen and oxygen atoms in total. The zero-order chi connectivity index (χ0) is 5.70. The van der Waals surface area contributed by atoms with E-state index in [1.807, 2.05) is 0 Å². The van der Waals surface area contributed by atoms with Gasteiger partial charge in [-0.25, -0.2) is 4.99 Å². The lowest BCUT2D eigenvalue weighted by Gasteiger charge is -1.66. The van der Waals surface area contributed by atoms with Crippen LogP contribution in [-0.4, -0.2) is 17.8 Å². The number of hydrogen-bond donors (Lipinski definition) is 1. The van der Waals surface area contributed by atoms with E-state index >= 15 is 0 Å². The number of carbonyl (C=O) groups excluding carboxylic acids is 1. The van der Waals surface area contributed by atoms with Crippen LogP contribution in [0.25, 0.3) is 0 Å². The van der Waals surface area contributed by atoms with E-state index in [1.54, 1.807) is 0 Å². The highest BCUT2D eigenvalue weighted by molar-refractivity contribution is 6.78. The molecule has 0 aliphatic heterocycles. The second-order valence-electron chi connectivity index (χ2n) is 0.711. The molecule has 0 rings (SSSR count). The van der Waals surface area contributed by atoms with Gasteiger partial charge in [0.05, 0.1) is 6.21 Å². The van der Waals surface area contributed by atoms with Crippen LogP contribution in [0.15, 0.2) is 4.99 Å². The predicted molar refractivity (Wildman–Crippen MR) is 28.1 cm³/mol. The lowest BCUT2D eigenvalue weighted by atomic mass is 10.8. The van der Waals surface area contributed by atoms with Crippen molar-refractivity contribution < 1.29 is 4.79 Å². The second kappa shape index (κ2) is 3.49. The van der Waals surface area contributed by atoms with Crippen LogP contribution in [0.2, 0.25) is 0 Å². The molecule has 0 unspecified atom stereocenters. The smallest absolute Gasteiger partial charge is 0.263 e. The summed E-state index contributed by atoms with van der Waals surface area (Å²) in [7, 11) is 0. The molecule has 0 bridgehead atoms. The molecule has 0 amide bonds. The first kappa shape index (κ1) is 6.30. The van der Waals surface area contributed by atoms with E-state index in [0.717, 1.165) is 12.6 Å². The molecule has 0 spiro atoms. The van der Waals surface area contributed by atoms with E-state index in [1.165, 1.54) is 0 Å². The average Bonchev–Trinajstić information content (AvgIpc) is 1.61. The molecule has 0 saturated heterocycles. The fourth-order valence-electron chi connectivity index (χ4n) is 0.0959. The van der Waals surface area contributed by atoms with Crippen LogP contribution in [0.5, 0.6) is 0 Å². The molecule has 4 heteroatoms. The molecule has 0 heterocycles. The fourth-order valence-corrected chi connectivity index (χ4v) is 0.152. The lowest BCUT2D eigenvalue weighted by molar-refractivity contribution is -0.105. The van der Waals surface area contributed by atoms with E-state index in [-0.39, 0.29) is 0 Å². The first-order valence-corrected chi connectivity index (χ1v) is 1.86. The van der Waals surface area contributed by atoms with Crippen LogP contribution < -0.4 is 0 Å². The van der Waals surface area contributed by atoms with Gasteiger partial charge in [0.15, 0.2) is 0 Å². The monoisotopic (exact) mass is 118 g/mol. The van der Waals surface area contributed by atoms with Crippen molar-refractivity contribution in [2.24, 2.45) is 4.99 Å². The average molecular weight is 119 g/mol. The molecule has 7 heavy (non-hydrogen) atoms. The number of halogens is 1. The number of nitrogens with one attached hydrogen (secondary N) is 1. The Labute approximate surface area is 45.5 Å². The van der Waals surface area contributed by atoms with Crippen molar-refractivity contribution >= 4 is 29.4 Å². The quantitative estimate of drug-likeness (QED) is 0.319. The molecule has 0 aromatic carbocycles. The normalized spacial score (nSPS) is 9.29. The van der Waals surface area contributed by atoms with E-state index < -0.39 is 5.24 Å². The minimum absolute atomic E-state index is 0.663. The summed E-state index contributed by atoms with van der Waals surface area (Å²) in [6, 6.07) is 0. The lowest BCUT2D eigenvalue weighted by Crippen LogP contribution is -1.83. The zero-order valence-electron chi connectivity index (χ0n) is 3.39. The summed E-state index contributed by atoms with van der Waals surface area (Å²) in [5.41, 5.74) is 0. The van der Waals surface area contributed by atoms with Crippen molar-refractivity contribution in [1.29, 1.82) is 5.41 Å². The Kier molecular flexibility index (Phi) is 3.14. The number of aliphatic imine (C=N–C) groups is 1. The van der Waals surface area contributed by atoms with Gasteiger partial charge in [-0.15, -0.1) is 0 Å². The van der Waals surface area contributed by atoms with Crippen LogP contribution in [0.3, 0.4) is 0 Å². The Morgan fingerprint density at radius 1 is 1.86 bits per heavy atom. The summed E-state index contributed by atoms with van der Waals surface area (Å²) in [5, 5.41) is 5.60. The first-order valence-electron chi connectivity index (χ1n) is 1.49. The maximum Gasteiger partial charge on any atom is 0.263 e. The maximum atomic E-state index is 9.72. The number of rotatable bonds is 2. The topological polar surface area (TPSA) is 53.3 Å². The van der Waals surface area contributed by atoms with E-state index in [9.17, 15) is 4.79 Å². The highest BCUT2D eigenvalue weighted by Crippen LogP contribution is 1.70. The molecule has 0 atom stereocenters. The van der Waals surface area contributed by atoms with Gasteiger partial charge in [-0.05, 0) is 11.6 Å². The summed E-state index contributed by atoms with van der Waals surface area (Å²) in [6.45, 7) is 0. The van der Waals surface area contributed by atoms with Crippen LogP contribution in [0.4, 0.5) is 0 Å². The van der Waals surface area contributed by atoms with Gasteiger partial charge in [0.25, 0.3) is 5.24 Å². The molecule has 38 valence electrons. The SMILES string of the molecule is N=CN=CC(=O)Cl. The van der Waals surface area contributed by atoms with Gasteiger partial charge in [0.1, 0.15) is 6.34 Å². The van der Waals surface area contributed by atoms with Crippen molar-refractivity contribution in [3.63, 3.8) is 0 Å². The Morgan fingerprint density at radius 2 is 2.43 bits per heavy atom. The summed E-state index contributed by atoms with van der Waals surface area (Å²) < 4.78 is 0. The standard InChI is InChI=1S/C3H3ClN2O/c4-3(7)1-6-2-5/h1-2,5H. The highest BCUT2D eigenvalue weighted by Gasteiger charge is 1.80. The van der Waals surface area contributed by atoms with Gasteiger partial charge in [-0.2, -0.15) is 0 Å². The zero-order valence-corrected chi connectivity index (χ0v) is 4.14. The van der Waals surface area contributed by atoms with Crippen molar-refractivity contribution in [1.82, 2.24) is 0 Å². The first-order chi connectivity index (χ1) is 3.27. The molecular weight excluding hydrogens is 115 g/mol. The van der Waals surface area contributed by atoms with Gasteiger partial charge in [-0.1, -0.05) is 0 Å². The molecule has 1 N–H and O–H groups in total. The van der Waals surface area contributed by atoms with Gasteiger partial charge >= 0.3 is 0 Å². The number of nitrogens with zero attached hydrogens (tertiary/aromatic N) is 1. The van der Waals surface area contributed by atoms with Crippen molar-refractivity contribution in [3.05, 3.63) is 0 Å². The molecular formula is C3H3ClN2O. The highest BCUT2D eigenvalue weighted by atomic mass is 35.5. The van der Waals surface area contributed by atoms with Crippen molar-refractivity contribution in [2.45, 2.75) is 0 Å². The van der Waals surface area contributed by atoms with Crippen LogP contribution in [0.1, 0.15) is 0 Å². The van der Waals surface area contributed by atoms with Crippen LogP contribution >= 0.6 is 11.6 Å². The molecule has 0 aliphatic rings. The van der Waals surface area contributed by atoms with Gasteiger partial charge < -0.3 is 0 Å². The van der Waals surface area contributed by atoms with Crippen LogP contribution in [-0.2, 0) is 4.79 Å². The number of carbonyl (C=O) groups is 1. The number of hydrogen-bond acceptors (Lipinski definition) is 2. The van der Waals surface area contributed by atoms with Gasteiger partial charge in [0, 0.05) is 0 Å². The van der Waals surface area contributed by atoms with Gasteiger partial charge in [-0.3, -0.25) is 10.2 Å². The fraction of sp³-hybridized carbons (Fsp3) is 0. The summed E-state index contributed by atoms with van der Waals surface area (Å²) in [5.74, 6) is 0. The molecule has 0 aromatic rings. The van der Waals surface area contributed by atoms with Crippen molar-refractivity contribution in [2.75, 3.05) is 0 Å². The summed E-state index contributed by atoms with van der Waals surface area (Å²) >= 11 is 4.76. The molecule has 0 saturated carbocycles. The third-order valence-electron chi connectivity index (χ3n) is 0.251. The predicted octanol–water partition coefficient (Wildman–Crippen LogP) is 0.430. The minimum Gasteiger partial charge on any atom is -0.290 e. The Morgan fingerprint density at radius 3 is 2.57 bits per heavy atom. The summed E-state index contributed by atoms with van der Waals surface area (Å²) in [4.78, 5) is 12.8. The van der Waals surface area contributed by atoms with E-state index in [2.05, 4.69) is 4.99 Å². The Hall–Kier alpha value is -0.700. The van der Waals surface area contributed by atoms with E-state index in [0.29, 0.717) is 0 Å². The second-order valence-corrected chi connectivity index (χ2v) is 1.08.